The molecule has 1 rings (SSSR count). The van der Waals surface area contributed by atoms with Gasteiger partial charge in [-0.1, -0.05) is 6.92 Å². The van der Waals surface area contributed by atoms with E-state index in [-0.39, 0.29) is 11.9 Å². The fourth-order valence-electron chi connectivity index (χ4n) is 1.74. The molecule has 0 saturated heterocycles. The van der Waals surface area contributed by atoms with Crippen LogP contribution >= 0.6 is 0 Å². The lowest BCUT2D eigenvalue weighted by Gasteiger charge is -2.16. The van der Waals surface area contributed by atoms with Crippen LogP contribution in [-0.4, -0.2) is 41.0 Å². The molecule has 6 heteroatoms. The van der Waals surface area contributed by atoms with Crippen LogP contribution in [0.15, 0.2) is 12.1 Å². The van der Waals surface area contributed by atoms with Crippen molar-refractivity contribution in [2.45, 2.75) is 6.92 Å². The Morgan fingerprint density at radius 3 is 2.05 bits per heavy atom. The molecule has 1 atom stereocenters. The largest absolute Gasteiger partial charge is 0.493 e. The zero-order chi connectivity index (χ0) is 15.1. The lowest BCUT2D eigenvalue weighted by molar-refractivity contribution is -0.144. The third-order valence-electron chi connectivity index (χ3n) is 2.88. The van der Waals surface area contributed by atoms with Crippen LogP contribution in [0.2, 0.25) is 0 Å². The topological polar surface area (TPSA) is 66.0 Å². The van der Waals surface area contributed by atoms with Crippen molar-refractivity contribution in [3.63, 3.8) is 0 Å². The fourth-order valence-corrected chi connectivity index (χ4v) is 1.74. The summed E-state index contributed by atoms with van der Waals surface area (Å²) in [5.74, 6) is 1.13. The molecule has 0 heterocycles. The molecule has 0 bridgehead atoms. The highest BCUT2D eigenvalue weighted by atomic mass is 16.5. The van der Waals surface area contributed by atoms with Crippen LogP contribution in [0.5, 0.6) is 17.2 Å². The Balaban J connectivity index is 2.88. The summed E-state index contributed by atoms with van der Waals surface area (Å²) in [7, 11) is 6.03. The first-order chi connectivity index (χ1) is 9.57. The second-order valence-electron chi connectivity index (χ2n) is 4.22. The first kappa shape index (κ1) is 15.9. The van der Waals surface area contributed by atoms with Gasteiger partial charge in [0.05, 0.1) is 34.4 Å². The van der Waals surface area contributed by atoms with Gasteiger partial charge in [0.15, 0.2) is 11.5 Å². The van der Waals surface area contributed by atoms with Gasteiger partial charge in [0.25, 0.3) is 0 Å². The third-order valence-corrected chi connectivity index (χ3v) is 2.88. The highest BCUT2D eigenvalue weighted by Crippen LogP contribution is 2.39. The lowest BCUT2D eigenvalue weighted by Crippen LogP contribution is -2.21. The van der Waals surface area contributed by atoms with E-state index in [9.17, 15) is 4.79 Å². The molecule has 0 amide bonds. The summed E-state index contributed by atoms with van der Waals surface area (Å²) in [6, 6.07) is 3.57. The van der Waals surface area contributed by atoms with Crippen molar-refractivity contribution in [1.29, 1.82) is 0 Å². The van der Waals surface area contributed by atoms with Crippen LogP contribution in [0, 0.1) is 5.92 Å². The molecule has 1 unspecified atom stereocenters. The van der Waals surface area contributed by atoms with Gasteiger partial charge in [-0.2, -0.15) is 0 Å². The van der Waals surface area contributed by atoms with E-state index in [2.05, 4.69) is 10.1 Å². The minimum Gasteiger partial charge on any atom is -0.493 e. The predicted molar refractivity (Wildman–Crippen MR) is 75.8 cm³/mol. The van der Waals surface area contributed by atoms with Crippen LogP contribution < -0.4 is 19.5 Å². The molecule has 0 radical (unpaired) electrons. The zero-order valence-corrected chi connectivity index (χ0v) is 12.5. The average molecular weight is 283 g/mol. The van der Waals surface area contributed by atoms with Gasteiger partial charge in [-0.05, 0) is 0 Å². The number of hydrogen-bond acceptors (Lipinski definition) is 6. The summed E-state index contributed by atoms with van der Waals surface area (Å²) in [4.78, 5) is 11.3. The van der Waals surface area contributed by atoms with Gasteiger partial charge in [-0.25, -0.2) is 0 Å². The SMILES string of the molecule is COC(=O)C(C)CNc1cc(OC)c(OC)c(OC)c1. The summed E-state index contributed by atoms with van der Waals surface area (Å²) in [6.45, 7) is 2.24. The molecule has 0 saturated carbocycles. The van der Waals surface area contributed by atoms with Crippen molar-refractivity contribution in [1.82, 2.24) is 0 Å². The summed E-state index contributed by atoms with van der Waals surface area (Å²) in [5.41, 5.74) is 0.773. The first-order valence-electron chi connectivity index (χ1n) is 6.19. The Bertz CT molecular complexity index is 436. The van der Waals surface area contributed by atoms with Gasteiger partial charge in [-0.15, -0.1) is 0 Å². The number of hydrogen-bond donors (Lipinski definition) is 1. The smallest absolute Gasteiger partial charge is 0.310 e. The van der Waals surface area contributed by atoms with Crippen molar-refractivity contribution in [3.05, 3.63) is 12.1 Å². The van der Waals surface area contributed by atoms with E-state index in [1.165, 1.54) is 7.11 Å². The lowest BCUT2D eigenvalue weighted by atomic mass is 10.1. The number of methoxy groups -OCH3 is 4. The van der Waals surface area contributed by atoms with Crippen LogP contribution in [-0.2, 0) is 9.53 Å². The molecule has 0 aliphatic carbocycles. The maximum atomic E-state index is 11.3. The Morgan fingerprint density at radius 2 is 1.65 bits per heavy atom. The molecular weight excluding hydrogens is 262 g/mol. The van der Waals surface area contributed by atoms with Crippen LogP contribution in [0.1, 0.15) is 6.92 Å². The molecule has 0 spiro atoms. The van der Waals surface area contributed by atoms with Crippen molar-refractivity contribution in [3.8, 4) is 17.2 Å². The Morgan fingerprint density at radius 1 is 1.10 bits per heavy atom. The summed E-state index contributed by atoms with van der Waals surface area (Å²) < 4.78 is 20.4. The number of anilines is 1. The van der Waals surface area contributed by atoms with Crippen molar-refractivity contribution >= 4 is 11.7 Å². The molecule has 0 aromatic heterocycles. The molecule has 6 nitrogen and oxygen atoms in total. The molecule has 1 aromatic carbocycles. The van der Waals surface area contributed by atoms with E-state index in [1.807, 2.05) is 0 Å². The zero-order valence-electron chi connectivity index (χ0n) is 12.5. The number of nitrogens with one attached hydrogen (secondary N) is 1. The first-order valence-corrected chi connectivity index (χ1v) is 6.19. The monoisotopic (exact) mass is 283 g/mol. The summed E-state index contributed by atoms with van der Waals surface area (Å²) >= 11 is 0. The van der Waals surface area contributed by atoms with E-state index in [4.69, 9.17) is 14.2 Å². The predicted octanol–water partition coefficient (Wildman–Crippen LogP) is 1.93. The van der Waals surface area contributed by atoms with E-state index < -0.39 is 0 Å². The van der Waals surface area contributed by atoms with Crippen molar-refractivity contribution in [2.75, 3.05) is 40.3 Å². The Labute approximate surface area is 119 Å². The minimum atomic E-state index is -0.259. The molecule has 1 aromatic rings. The maximum absolute atomic E-state index is 11.3. The molecule has 0 aliphatic rings. The summed E-state index contributed by atoms with van der Waals surface area (Å²) in [5, 5.41) is 3.14. The number of rotatable bonds is 7. The van der Waals surface area contributed by atoms with Crippen molar-refractivity contribution in [2.24, 2.45) is 5.92 Å². The second kappa shape index (κ2) is 7.47. The number of esters is 1. The molecule has 0 aliphatic heterocycles. The Hall–Kier alpha value is -2.11. The minimum absolute atomic E-state index is 0.251. The molecule has 112 valence electrons. The summed E-state index contributed by atoms with van der Waals surface area (Å²) in [6.07, 6.45) is 0. The van der Waals surface area contributed by atoms with E-state index in [1.54, 1.807) is 40.4 Å². The van der Waals surface area contributed by atoms with Gasteiger partial charge in [0.2, 0.25) is 5.75 Å². The molecule has 20 heavy (non-hydrogen) atoms. The van der Waals surface area contributed by atoms with Gasteiger partial charge < -0.3 is 24.3 Å². The van der Waals surface area contributed by atoms with E-state index in [0.717, 1.165) is 5.69 Å². The van der Waals surface area contributed by atoms with Crippen LogP contribution in [0.4, 0.5) is 5.69 Å². The second-order valence-corrected chi connectivity index (χ2v) is 4.22. The highest BCUT2D eigenvalue weighted by Gasteiger charge is 2.15. The van der Waals surface area contributed by atoms with Crippen LogP contribution in [0.3, 0.4) is 0 Å². The van der Waals surface area contributed by atoms with Gasteiger partial charge in [0, 0.05) is 24.4 Å². The molecule has 0 fully saturated rings. The van der Waals surface area contributed by atoms with Crippen LogP contribution in [0.25, 0.3) is 0 Å². The number of carbonyl (C=O) groups is 1. The molecular formula is C14H21NO5. The maximum Gasteiger partial charge on any atom is 0.310 e. The molecule has 1 N–H and O–H groups in total. The Kier molecular flexibility index (Phi) is 5.96. The number of benzene rings is 1. The van der Waals surface area contributed by atoms with Gasteiger partial charge in [0.1, 0.15) is 0 Å². The van der Waals surface area contributed by atoms with Crippen molar-refractivity contribution < 1.29 is 23.7 Å². The van der Waals surface area contributed by atoms with Gasteiger partial charge >= 0.3 is 5.97 Å². The standard InChI is InChI=1S/C14H21NO5/c1-9(14(16)20-5)8-15-10-6-11(17-2)13(19-4)12(7-10)18-3/h6-7,9,15H,8H2,1-5H3. The third kappa shape index (κ3) is 3.69. The van der Waals surface area contributed by atoms with E-state index in [0.29, 0.717) is 23.8 Å². The average Bonchev–Trinajstić information content (AvgIpc) is 2.50. The quantitative estimate of drug-likeness (QED) is 0.771. The number of ether oxygens (including phenoxy) is 4. The normalized spacial score (nSPS) is 11.4. The van der Waals surface area contributed by atoms with Gasteiger partial charge in [-0.3, -0.25) is 4.79 Å². The highest BCUT2D eigenvalue weighted by molar-refractivity contribution is 5.72. The van der Waals surface area contributed by atoms with E-state index >= 15 is 0 Å². The fraction of sp³-hybridized carbons (Fsp3) is 0.500. The number of carbonyl (C=O) groups excluding carboxylic acids is 1.